The predicted octanol–water partition coefficient (Wildman–Crippen LogP) is 6.48. The smallest absolute Gasteiger partial charge is 0.253 e. The molecule has 0 saturated carbocycles. The summed E-state index contributed by atoms with van der Waals surface area (Å²) in [4.78, 5) is 25.3. The Bertz CT molecular complexity index is 1330. The third kappa shape index (κ3) is 8.86. The molecule has 0 atom stereocenters. The monoisotopic (exact) mass is 610 g/mol. The highest BCUT2D eigenvalue weighted by molar-refractivity contribution is 5.94. The van der Waals surface area contributed by atoms with Crippen LogP contribution in [0.4, 0.5) is 0 Å². The van der Waals surface area contributed by atoms with Gasteiger partial charge in [0.2, 0.25) is 0 Å². The van der Waals surface area contributed by atoms with Crippen molar-refractivity contribution in [3.8, 4) is 11.5 Å². The minimum atomic E-state index is 0.133. The molecule has 1 amide bonds. The molecule has 0 bridgehead atoms. The van der Waals surface area contributed by atoms with Crippen molar-refractivity contribution < 1.29 is 14.3 Å². The first kappa shape index (κ1) is 31.6. The zero-order chi connectivity index (χ0) is 30.7. The van der Waals surface area contributed by atoms with Crippen molar-refractivity contribution in [2.45, 2.75) is 64.3 Å². The Kier molecular flexibility index (Phi) is 11.0. The van der Waals surface area contributed by atoms with Crippen LogP contribution >= 0.6 is 0 Å². The quantitative estimate of drug-likeness (QED) is 0.306. The van der Waals surface area contributed by atoms with E-state index >= 15 is 0 Å². The normalized spacial score (nSPS) is 20.0. The van der Waals surface area contributed by atoms with Crippen LogP contribution < -0.4 is 9.47 Å². The fourth-order valence-electron chi connectivity index (χ4n) is 7.38. The topological polar surface area (TPSA) is 58.1 Å². The van der Waals surface area contributed by atoms with E-state index in [9.17, 15) is 4.79 Å². The average molecular weight is 611 g/mol. The number of rotatable bonds is 7. The number of benzene rings is 2. The first-order valence-electron chi connectivity index (χ1n) is 17.2. The van der Waals surface area contributed by atoms with Gasteiger partial charge in [0.05, 0.1) is 5.69 Å². The molecule has 7 nitrogen and oxygen atoms in total. The van der Waals surface area contributed by atoms with Crippen LogP contribution in [0.15, 0.2) is 72.9 Å². The molecule has 2 aromatic carbocycles. The van der Waals surface area contributed by atoms with Crippen molar-refractivity contribution in [2.75, 3.05) is 59.0 Å². The van der Waals surface area contributed by atoms with Crippen molar-refractivity contribution in [1.82, 2.24) is 19.7 Å². The summed E-state index contributed by atoms with van der Waals surface area (Å²) in [5.74, 6) is 2.00. The van der Waals surface area contributed by atoms with Gasteiger partial charge in [-0.3, -0.25) is 19.6 Å². The minimum absolute atomic E-state index is 0.133. The van der Waals surface area contributed by atoms with Gasteiger partial charge in [-0.1, -0.05) is 37.1 Å². The zero-order valence-corrected chi connectivity index (χ0v) is 26.9. The zero-order valence-electron chi connectivity index (χ0n) is 26.9. The lowest BCUT2D eigenvalue weighted by Crippen LogP contribution is -2.48. The number of piperidine rings is 2. The number of hydrogen-bond acceptors (Lipinski definition) is 6. The maximum absolute atomic E-state index is 13.6. The van der Waals surface area contributed by atoms with Gasteiger partial charge >= 0.3 is 0 Å². The van der Waals surface area contributed by atoms with Crippen molar-refractivity contribution in [3.05, 3.63) is 89.7 Å². The molecule has 4 heterocycles. The summed E-state index contributed by atoms with van der Waals surface area (Å²) in [6.07, 6.45) is 12.4. The average Bonchev–Trinajstić information content (AvgIpc) is 3.08. The van der Waals surface area contributed by atoms with E-state index in [2.05, 4.69) is 56.1 Å². The fraction of sp³-hybridized carbons (Fsp3) is 0.526. The number of likely N-dealkylation sites (tertiary alicyclic amines) is 2. The van der Waals surface area contributed by atoms with Gasteiger partial charge in [0.1, 0.15) is 24.7 Å². The van der Waals surface area contributed by atoms with Gasteiger partial charge in [-0.15, -0.1) is 0 Å². The number of ether oxygens (including phenoxy) is 2. The van der Waals surface area contributed by atoms with Crippen LogP contribution in [0, 0.1) is 5.41 Å². The number of aryl methyl sites for hydroxylation is 1. The third-order valence-corrected chi connectivity index (χ3v) is 10.0. The van der Waals surface area contributed by atoms with Crippen LogP contribution in [0.5, 0.6) is 11.5 Å². The highest BCUT2D eigenvalue weighted by Crippen LogP contribution is 2.39. The highest BCUT2D eigenvalue weighted by Gasteiger charge is 2.37. The first-order valence-corrected chi connectivity index (χ1v) is 17.2. The molecule has 6 rings (SSSR count). The Morgan fingerprint density at radius 2 is 1.60 bits per heavy atom. The van der Waals surface area contributed by atoms with E-state index in [0.29, 0.717) is 13.2 Å². The Morgan fingerprint density at radius 1 is 0.800 bits per heavy atom. The number of carbonyl (C=O) groups excluding carboxylic acids is 1. The molecule has 3 aliphatic heterocycles. The Hall–Kier alpha value is -3.42. The van der Waals surface area contributed by atoms with E-state index < -0.39 is 0 Å². The summed E-state index contributed by atoms with van der Waals surface area (Å²) in [7, 11) is 0. The van der Waals surface area contributed by atoms with Gasteiger partial charge < -0.3 is 14.4 Å². The number of amides is 1. The van der Waals surface area contributed by atoms with Gasteiger partial charge in [-0.25, -0.2) is 0 Å². The van der Waals surface area contributed by atoms with Crippen molar-refractivity contribution >= 4 is 5.91 Å². The number of pyridine rings is 1. The summed E-state index contributed by atoms with van der Waals surface area (Å²) in [6.45, 7) is 8.92. The Morgan fingerprint density at radius 3 is 2.40 bits per heavy atom. The number of para-hydroxylation sites is 1. The maximum Gasteiger partial charge on any atom is 0.253 e. The van der Waals surface area contributed by atoms with Crippen molar-refractivity contribution in [3.63, 3.8) is 0 Å². The van der Waals surface area contributed by atoms with Crippen LogP contribution in [0.25, 0.3) is 0 Å². The lowest BCUT2D eigenvalue weighted by Gasteiger charge is -2.45. The Balaban J connectivity index is 1.07. The van der Waals surface area contributed by atoms with Crippen LogP contribution in [0.1, 0.15) is 73.0 Å². The van der Waals surface area contributed by atoms with Crippen LogP contribution in [0.3, 0.4) is 0 Å². The molecule has 45 heavy (non-hydrogen) atoms. The number of hydrogen-bond donors (Lipinski definition) is 0. The second kappa shape index (κ2) is 15.7. The molecule has 1 aromatic heterocycles. The van der Waals surface area contributed by atoms with Crippen molar-refractivity contribution in [2.24, 2.45) is 5.41 Å². The first-order chi connectivity index (χ1) is 22.2. The molecule has 2 saturated heterocycles. The van der Waals surface area contributed by atoms with E-state index in [4.69, 9.17) is 9.47 Å². The second-order valence-corrected chi connectivity index (χ2v) is 13.3. The van der Waals surface area contributed by atoms with E-state index in [1.165, 1.54) is 50.8 Å². The van der Waals surface area contributed by atoms with Gasteiger partial charge in [0.15, 0.2) is 0 Å². The van der Waals surface area contributed by atoms with Gasteiger partial charge in [0.25, 0.3) is 5.91 Å². The summed E-state index contributed by atoms with van der Waals surface area (Å²) in [6, 6.07) is 22.4. The molecule has 3 aliphatic rings. The van der Waals surface area contributed by atoms with Crippen LogP contribution in [-0.4, -0.2) is 84.6 Å². The summed E-state index contributed by atoms with van der Waals surface area (Å²) in [5.41, 5.74) is 3.32. The van der Waals surface area contributed by atoms with Crippen molar-refractivity contribution in [1.29, 1.82) is 0 Å². The molecule has 3 aromatic rings. The SMILES string of the molecule is O=C(c1ccc(OCCN2CCCCC2)cc1)N1CCC2(CCCCc3ccccc3OCCN(Cc3ccccn3)C2)CC1. The molecule has 0 aliphatic carbocycles. The van der Waals surface area contributed by atoms with Crippen LogP contribution in [0.2, 0.25) is 0 Å². The minimum Gasteiger partial charge on any atom is -0.492 e. The summed E-state index contributed by atoms with van der Waals surface area (Å²) in [5, 5.41) is 0. The number of fused-ring (bicyclic) bond motifs is 1. The summed E-state index contributed by atoms with van der Waals surface area (Å²) >= 11 is 0. The molecule has 2 fully saturated rings. The Labute approximate surface area is 269 Å². The molecule has 0 radical (unpaired) electrons. The predicted molar refractivity (Wildman–Crippen MR) is 179 cm³/mol. The molecule has 0 N–H and O–H groups in total. The van der Waals surface area contributed by atoms with E-state index in [1.807, 2.05) is 36.5 Å². The van der Waals surface area contributed by atoms with E-state index in [1.54, 1.807) is 0 Å². The third-order valence-electron chi connectivity index (χ3n) is 10.0. The van der Waals surface area contributed by atoms with Gasteiger partial charge in [-0.2, -0.15) is 0 Å². The molecule has 7 heteroatoms. The molecule has 240 valence electrons. The number of carbonyl (C=O) groups is 1. The molecule has 0 unspecified atom stereocenters. The lowest BCUT2D eigenvalue weighted by molar-refractivity contribution is 0.0358. The summed E-state index contributed by atoms with van der Waals surface area (Å²) < 4.78 is 12.3. The lowest BCUT2D eigenvalue weighted by atomic mass is 9.73. The molecule has 1 spiro atoms. The van der Waals surface area contributed by atoms with Crippen LogP contribution in [-0.2, 0) is 13.0 Å². The van der Waals surface area contributed by atoms with E-state index in [0.717, 1.165) is 87.7 Å². The molecular weight excluding hydrogens is 560 g/mol. The van der Waals surface area contributed by atoms with Gasteiger partial charge in [-0.05, 0) is 111 Å². The number of nitrogens with zero attached hydrogens (tertiary/aromatic N) is 4. The molecular formula is C38H50N4O3. The second-order valence-electron chi connectivity index (χ2n) is 13.3. The van der Waals surface area contributed by atoms with Gasteiger partial charge in [0, 0.05) is 51.0 Å². The highest BCUT2D eigenvalue weighted by atomic mass is 16.5. The maximum atomic E-state index is 13.6. The fourth-order valence-corrected chi connectivity index (χ4v) is 7.38. The standard InChI is InChI=1S/C38H50N4O3/c43-37(33-14-16-35(17-15-33)44-28-26-40-22-8-1-9-23-40)42-24-19-38(20-25-42)18-6-4-11-32-10-2-3-13-36(32)45-29-27-41(31-38)30-34-12-5-7-21-39-34/h2-3,5,7,10,12-17,21H,1,4,6,8-9,11,18-20,22-31H2. The van der Waals surface area contributed by atoms with E-state index in [-0.39, 0.29) is 11.3 Å². The largest absolute Gasteiger partial charge is 0.492 e. The number of aromatic nitrogens is 1.